The molecule has 5 rings (SSSR count). The molecule has 0 radical (unpaired) electrons. The van der Waals surface area contributed by atoms with Crippen molar-refractivity contribution in [1.82, 2.24) is 9.80 Å². The number of amides is 3. The molecule has 1 spiro atoms. The van der Waals surface area contributed by atoms with Crippen LogP contribution in [0, 0.1) is 0 Å². The third-order valence-electron chi connectivity index (χ3n) is 7.43. The summed E-state index contributed by atoms with van der Waals surface area (Å²) < 4.78 is 5.40. The first-order valence-electron chi connectivity index (χ1n) is 11.7. The highest BCUT2D eigenvalue weighted by Gasteiger charge is 2.46. The highest BCUT2D eigenvalue weighted by molar-refractivity contribution is 5.89. The zero-order valence-corrected chi connectivity index (χ0v) is 18.5. The summed E-state index contributed by atoms with van der Waals surface area (Å²) in [5.41, 5.74) is 3.61. The van der Waals surface area contributed by atoms with Crippen molar-refractivity contribution >= 4 is 17.6 Å². The van der Waals surface area contributed by atoms with Gasteiger partial charge in [0.25, 0.3) is 0 Å². The van der Waals surface area contributed by atoms with Gasteiger partial charge in [0, 0.05) is 38.3 Å². The van der Waals surface area contributed by atoms with Crippen molar-refractivity contribution in [1.29, 1.82) is 0 Å². The number of piperidine rings is 1. The Kier molecular flexibility index (Phi) is 5.87. The van der Waals surface area contributed by atoms with Gasteiger partial charge in [-0.1, -0.05) is 42.5 Å². The molecule has 0 unspecified atom stereocenters. The van der Waals surface area contributed by atoms with Gasteiger partial charge in [0.1, 0.15) is 0 Å². The molecule has 2 fully saturated rings. The van der Waals surface area contributed by atoms with Crippen LogP contribution in [0.15, 0.2) is 54.6 Å². The fourth-order valence-corrected chi connectivity index (χ4v) is 5.70. The number of anilines is 1. The highest BCUT2D eigenvalue weighted by atomic mass is 16.5. The Hall–Kier alpha value is -2.86. The van der Waals surface area contributed by atoms with E-state index < -0.39 is 0 Å². The second-order valence-electron chi connectivity index (χ2n) is 9.25. The fraction of sp³-hybridized carbons (Fsp3) is 0.462. The van der Waals surface area contributed by atoms with Crippen LogP contribution in [0.5, 0.6) is 0 Å². The average molecular weight is 434 g/mol. The topological polar surface area (TPSA) is 61.9 Å². The molecule has 168 valence electrons. The van der Waals surface area contributed by atoms with Gasteiger partial charge in [0.2, 0.25) is 5.91 Å². The van der Waals surface area contributed by atoms with Gasteiger partial charge in [-0.15, -0.1) is 0 Å². The van der Waals surface area contributed by atoms with Gasteiger partial charge in [0.15, 0.2) is 0 Å². The van der Waals surface area contributed by atoms with Crippen molar-refractivity contribution in [3.8, 4) is 0 Å². The Balaban J connectivity index is 1.26. The Bertz CT molecular complexity index is 963. The van der Waals surface area contributed by atoms with E-state index in [4.69, 9.17) is 4.74 Å². The molecule has 0 aromatic heterocycles. The first-order valence-corrected chi connectivity index (χ1v) is 11.7. The molecule has 0 saturated carbocycles. The highest BCUT2D eigenvalue weighted by Crippen LogP contribution is 2.52. The normalized spacial score (nSPS) is 21.9. The second-order valence-corrected chi connectivity index (χ2v) is 9.25. The van der Waals surface area contributed by atoms with E-state index in [-0.39, 0.29) is 23.3 Å². The molecule has 2 aromatic rings. The summed E-state index contributed by atoms with van der Waals surface area (Å²) in [4.78, 5) is 29.6. The number of nitrogens with zero attached hydrogens (tertiary/aromatic N) is 2. The quantitative estimate of drug-likeness (QED) is 0.796. The van der Waals surface area contributed by atoms with Crippen molar-refractivity contribution in [2.75, 3.05) is 44.7 Å². The summed E-state index contributed by atoms with van der Waals surface area (Å²) in [5.74, 6) is 0.496. The molecule has 1 aliphatic carbocycles. The maximum Gasteiger partial charge on any atom is 0.321 e. The molecule has 0 bridgehead atoms. The fourth-order valence-electron chi connectivity index (χ4n) is 5.70. The van der Waals surface area contributed by atoms with Crippen molar-refractivity contribution < 1.29 is 14.3 Å². The van der Waals surface area contributed by atoms with Crippen LogP contribution in [-0.4, -0.2) is 61.1 Å². The van der Waals surface area contributed by atoms with E-state index in [2.05, 4.69) is 29.6 Å². The van der Waals surface area contributed by atoms with Crippen LogP contribution in [0.25, 0.3) is 0 Å². The molecule has 3 aliphatic rings. The lowest BCUT2D eigenvalue weighted by molar-refractivity contribution is -0.135. The largest absolute Gasteiger partial charge is 0.378 e. The van der Waals surface area contributed by atoms with Crippen LogP contribution < -0.4 is 5.32 Å². The number of morpholine rings is 1. The number of hydrogen-bond donors (Lipinski definition) is 1. The predicted octanol–water partition coefficient (Wildman–Crippen LogP) is 3.99. The van der Waals surface area contributed by atoms with Crippen LogP contribution >= 0.6 is 0 Å². The van der Waals surface area contributed by atoms with Crippen LogP contribution in [0.1, 0.15) is 42.7 Å². The van der Waals surface area contributed by atoms with E-state index in [9.17, 15) is 9.59 Å². The molecular formula is C26H31N3O3. The maximum absolute atomic E-state index is 13.0. The minimum absolute atomic E-state index is 0.0311. The number of nitrogens with one attached hydrogen (secondary N) is 1. The minimum Gasteiger partial charge on any atom is -0.378 e. The summed E-state index contributed by atoms with van der Waals surface area (Å²) in [7, 11) is 0. The van der Waals surface area contributed by atoms with Crippen LogP contribution in [0.2, 0.25) is 0 Å². The van der Waals surface area contributed by atoms with Crippen LogP contribution in [0.3, 0.4) is 0 Å². The molecule has 2 saturated heterocycles. The molecule has 3 amide bonds. The summed E-state index contributed by atoms with van der Waals surface area (Å²) in [5, 5.41) is 3.01. The first-order chi connectivity index (χ1) is 15.6. The van der Waals surface area contributed by atoms with Gasteiger partial charge in [-0.05, 0) is 53.9 Å². The van der Waals surface area contributed by atoms with Crippen molar-refractivity contribution in [2.24, 2.45) is 0 Å². The molecule has 2 aliphatic heterocycles. The lowest BCUT2D eigenvalue weighted by atomic mass is 9.73. The molecule has 2 aromatic carbocycles. The molecule has 1 N–H and O–H groups in total. The monoisotopic (exact) mass is 433 g/mol. The van der Waals surface area contributed by atoms with E-state index in [0.29, 0.717) is 32.7 Å². The number of rotatable bonds is 3. The summed E-state index contributed by atoms with van der Waals surface area (Å²) >= 11 is 0. The molecule has 6 nitrogen and oxygen atoms in total. The van der Waals surface area contributed by atoms with Crippen molar-refractivity contribution in [2.45, 2.75) is 37.0 Å². The number of fused-ring (bicyclic) bond motifs is 2. The third kappa shape index (κ3) is 4.11. The number of likely N-dealkylation sites (tertiary alicyclic amines) is 1. The molecule has 6 heteroatoms. The van der Waals surface area contributed by atoms with Gasteiger partial charge < -0.3 is 19.9 Å². The summed E-state index contributed by atoms with van der Waals surface area (Å²) in [6.07, 6.45) is 3.44. The molecule has 2 heterocycles. The third-order valence-corrected chi connectivity index (χ3v) is 7.43. The van der Waals surface area contributed by atoms with E-state index >= 15 is 0 Å². The standard InChI is InChI=1S/C26H31N3O3/c30-24(28-14-16-32-17-15-28)18-20-19-26(23-9-5-4-8-22(20)23)10-12-29(13-11-26)25(31)27-21-6-2-1-3-7-21/h1-9,20H,10-19H2,(H,27,31)/t20-/m1/s1. The number of carbonyl (C=O) groups excluding carboxylic acids is 2. The Morgan fingerprint density at radius 2 is 1.59 bits per heavy atom. The number of para-hydroxylation sites is 1. The second kappa shape index (κ2) is 8.94. The zero-order chi connectivity index (χ0) is 22.0. The summed E-state index contributed by atoms with van der Waals surface area (Å²) in [6.45, 7) is 4.14. The Morgan fingerprint density at radius 3 is 2.34 bits per heavy atom. The van der Waals surface area contributed by atoms with E-state index in [1.807, 2.05) is 40.1 Å². The van der Waals surface area contributed by atoms with Gasteiger partial charge >= 0.3 is 6.03 Å². The number of urea groups is 1. The van der Waals surface area contributed by atoms with Crippen LogP contribution in [-0.2, 0) is 14.9 Å². The first kappa shape index (κ1) is 21.0. The van der Waals surface area contributed by atoms with Crippen LogP contribution in [0.4, 0.5) is 10.5 Å². The lowest BCUT2D eigenvalue weighted by Gasteiger charge is -2.40. The van der Waals surface area contributed by atoms with Gasteiger partial charge in [-0.2, -0.15) is 0 Å². The summed E-state index contributed by atoms with van der Waals surface area (Å²) in [6, 6.07) is 18.2. The number of hydrogen-bond acceptors (Lipinski definition) is 3. The zero-order valence-electron chi connectivity index (χ0n) is 18.5. The maximum atomic E-state index is 13.0. The predicted molar refractivity (Wildman–Crippen MR) is 124 cm³/mol. The van der Waals surface area contributed by atoms with E-state index in [0.717, 1.165) is 38.0 Å². The van der Waals surface area contributed by atoms with E-state index in [1.165, 1.54) is 11.1 Å². The molecule has 32 heavy (non-hydrogen) atoms. The average Bonchev–Trinajstić information content (AvgIpc) is 3.13. The number of benzene rings is 2. The molecule has 1 atom stereocenters. The van der Waals surface area contributed by atoms with Gasteiger partial charge in [-0.25, -0.2) is 4.79 Å². The minimum atomic E-state index is -0.0311. The van der Waals surface area contributed by atoms with E-state index in [1.54, 1.807) is 0 Å². The SMILES string of the molecule is O=C(C[C@@H]1CC2(CCN(C(=O)Nc3ccccc3)CC2)c2ccccc21)N1CCOCC1. The Morgan fingerprint density at radius 1 is 0.906 bits per heavy atom. The Labute approximate surface area is 189 Å². The smallest absolute Gasteiger partial charge is 0.321 e. The number of carbonyl (C=O) groups is 2. The van der Waals surface area contributed by atoms with Gasteiger partial charge in [-0.3, -0.25) is 4.79 Å². The number of ether oxygens (including phenoxy) is 1. The van der Waals surface area contributed by atoms with Crippen molar-refractivity contribution in [3.05, 3.63) is 65.7 Å². The van der Waals surface area contributed by atoms with Crippen molar-refractivity contribution in [3.63, 3.8) is 0 Å². The molecular weight excluding hydrogens is 402 g/mol. The lowest BCUT2D eigenvalue weighted by Crippen LogP contribution is -2.46. The van der Waals surface area contributed by atoms with Gasteiger partial charge in [0.05, 0.1) is 13.2 Å².